The number of benzene rings is 1. The van der Waals surface area contributed by atoms with E-state index in [0.717, 1.165) is 18.5 Å². The molecule has 0 saturated carbocycles. The van der Waals surface area contributed by atoms with Crippen molar-refractivity contribution in [3.63, 3.8) is 0 Å². The quantitative estimate of drug-likeness (QED) is 0.163. The molecule has 1 aromatic carbocycles. The normalized spacial score (nSPS) is 11.7. The van der Waals surface area contributed by atoms with Crippen LogP contribution in [-0.4, -0.2) is 5.91 Å². The van der Waals surface area contributed by atoms with Gasteiger partial charge in [-0.05, 0) is 55.1 Å². The maximum Gasteiger partial charge on any atom is 0.224 e. The first kappa shape index (κ1) is 29.5. The zero-order chi connectivity index (χ0) is 24.3. The number of carbonyl (C=O) groups excluding carboxylic acids is 1. The van der Waals surface area contributed by atoms with E-state index in [9.17, 15) is 4.79 Å². The lowest BCUT2D eigenvalue weighted by atomic mass is 9.92. The van der Waals surface area contributed by atoms with Crippen molar-refractivity contribution in [2.45, 2.75) is 143 Å². The lowest BCUT2D eigenvalue weighted by Gasteiger charge is -2.20. The van der Waals surface area contributed by atoms with Gasteiger partial charge in [0.25, 0.3) is 0 Å². The fourth-order valence-corrected chi connectivity index (χ4v) is 4.43. The number of allylic oxidation sites excluding steroid dienone is 2. The van der Waals surface area contributed by atoms with Crippen LogP contribution in [0.3, 0.4) is 0 Å². The van der Waals surface area contributed by atoms with Gasteiger partial charge in [-0.1, -0.05) is 123 Å². The molecule has 0 aromatic heterocycles. The molecule has 0 atom stereocenters. The first-order valence-corrected chi connectivity index (χ1v) is 14.0. The summed E-state index contributed by atoms with van der Waals surface area (Å²) in [7, 11) is 0. The Morgan fingerprint density at radius 3 is 1.67 bits per heavy atom. The van der Waals surface area contributed by atoms with E-state index in [2.05, 4.69) is 70.3 Å². The van der Waals surface area contributed by atoms with Gasteiger partial charge in [-0.15, -0.1) is 0 Å². The lowest BCUT2D eigenvalue weighted by molar-refractivity contribution is -0.116. The molecule has 188 valence electrons. The molecule has 1 rings (SSSR count). The molecule has 0 radical (unpaired) electrons. The Bertz CT molecular complexity index is 633. The van der Waals surface area contributed by atoms with Crippen molar-refractivity contribution in [1.82, 2.24) is 0 Å². The maximum absolute atomic E-state index is 12.6. The molecule has 0 heterocycles. The predicted molar refractivity (Wildman–Crippen MR) is 147 cm³/mol. The van der Waals surface area contributed by atoms with Gasteiger partial charge in [0.05, 0.1) is 0 Å². The van der Waals surface area contributed by atoms with Crippen LogP contribution in [0.2, 0.25) is 0 Å². The zero-order valence-corrected chi connectivity index (χ0v) is 22.6. The van der Waals surface area contributed by atoms with Crippen molar-refractivity contribution in [3.05, 3.63) is 41.5 Å². The minimum atomic E-state index is 0.167. The van der Waals surface area contributed by atoms with Crippen molar-refractivity contribution in [3.8, 4) is 0 Å². The average molecular weight is 456 g/mol. The van der Waals surface area contributed by atoms with Crippen molar-refractivity contribution < 1.29 is 4.79 Å². The molecule has 1 aromatic rings. The van der Waals surface area contributed by atoms with Crippen LogP contribution in [-0.2, 0) is 4.79 Å². The molecule has 1 amide bonds. The van der Waals surface area contributed by atoms with Crippen molar-refractivity contribution >= 4 is 11.6 Å². The Balaban J connectivity index is 2.11. The van der Waals surface area contributed by atoms with Crippen molar-refractivity contribution in [1.29, 1.82) is 0 Å². The number of amides is 1. The first-order chi connectivity index (χ1) is 16.0. The molecule has 2 heteroatoms. The third-order valence-corrected chi connectivity index (χ3v) is 6.55. The minimum absolute atomic E-state index is 0.167. The summed E-state index contributed by atoms with van der Waals surface area (Å²) in [5.74, 6) is 0.981. The summed E-state index contributed by atoms with van der Waals surface area (Å²) < 4.78 is 0. The van der Waals surface area contributed by atoms with E-state index < -0.39 is 0 Å². The van der Waals surface area contributed by atoms with Gasteiger partial charge in [0.15, 0.2) is 0 Å². The number of unbranched alkanes of at least 4 members (excludes halogenated alkanes) is 12. The van der Waals surface area contributed by atoms with Crippen molar-refractivity contribution in [2.24, 2.45) is 0 Å². The summed E-state index contributed by atoms with van der Waals surface area (Å²) in [6.45, 7) is 11.1. The molecule has 1 N–H and O–H groups in total. The molecule has 0 aliphatic heterocycles. The molecule has 0 aliphatic carbocycles. The van der Waals surface area contributed by atoms with E-state index in [0.29, 0.717) is 18.3 Å². The van der Waals surface area contributed by atoms with Crippen molar-refractivity contribution in [2.75, 3.05) is 5.32 Å². The molecule has 0 bridgehead atoms. The predicted octanol–water partition coefficient (Wildman–Crippen LogP) is 10.3. The number of carbonyl (C=O) groups is 1. The molecule has 0 aliphatic rings. The molecule has 0 fully saturated rings. The van der Waals surface area contributed by atoms with Gasteiger partial charge in [0.2, 0.25) is 5.91 Å². The van der Waals surface area contributed by atoms with Crippen LogP contribution < -0.4 is 5.32 Å². The van der Waals surface area contributed by atoms with E-state index in [1.165, 1.54) is 88.2 Å². The van der Waals surface area contributed by atoms with E-state index in [-0.39, 0.29) is 5.91 Å². The molecule has 33 heavy (non-hydrogen) atoms. The summed E-state index contributed by atoms with van der Waals surface area (Å²) in [4.78, 5) is 12.6. The van der Waals surface area contributed by atoms with Gasteiger partial charge in [-0.25, -0.2) is 0 Å². The first-order valence-electron chi connectivity index (χ1n) is 14.0. The Labute approximate surface area is 206 Å². The molecular formula is C31H53NO. The summed E-state index contributed by atoms with van der Waals surface area (Å²) in [5.41, 5.74) is 3.54. The summed E-state index contributed by atoms with van der Waals surface area (Å²) in [6, 6.07) is 6.41. The second kappa shape index (κ2) is 18.8. The lowest BCUT2D eigenvalue weighted by Crippen LogP contribution is -2.15. The van der Waals surface area contributed by atoms with E-state index in [1.54, 1.807) is 0 Å². The highest BCUT2D eigenvalue weighted by molar-refractivity contribution is 5.92. The number of anilines is 1. The maximum atomic E-state index is 12.6. The fourth-order valence-electron chi connectivity index (χ4n) is 4.43. The molecular weight excluding hydrogens is 402 g/mol. The highest BCUT2D eigenvalue weighted by Crippen LogP contribution is 2.32. The fraction of sp³-hybridized carbons (Fsp3) is 0.710. The van der Waals surface area contributed by atoms with Crippen LogP contribution >= 0.6 is 0 Å². The highest BCUT2D eigenvalue weighted by Gasteiger charge is 2.15. The van der Waals surface area contributed by atoms with Gasteiger partial charge >= 0.3 is 0 Å². The van der Waals surface area contributed by atoms with Gasteiger partial charge in [-0.3, -0.25) is 4.79 Å². The topological polar surface area (TPSA) is 29.1 Å². The third-order valence-electron chi connectivity index (χ3n) is 6.55. The second-order valence-corrected chi connectivity index (χ2v) is 10.4. The molecule has 0 unspecified atom stereocenters. The summed E-state index contributed by atoms with van der Waals surface area (Å²) in [6.07, 6.45) is 23.5. The number of para-hydroxylation sites is 1. The standard InChI is InChI=1S/C31H53NO/c1-6-7-8-9-10-11-12-13-14-15-16-17-18-19-20-21-25-30(33)32-31-28(26(2)3)23-22-24-29(31)27(4)5/h13-14,22-24,26-27H,6-12,15-21,25H2,1-5H3,(H,32,33)/b14-13-. The van der Waals surface area contributed by atoms with Gasteiger partial charge in [0.1, 0.15) is 0 Å². The number of hydrogen-bond acceptors (Lipinski definition) is 1. The van der Waals surface area contributed by atoms with E-state index in [4.69, 9.17) is 0 Å². The van der Waals surface area contributed by atoms with Gasteiger partial charge in [0, 0.05) is 12.1 Å². The van der Waals surface area contributed by atoms with E-state index in [1.807, 2.05) is 0 Å². The average Bonchev–Trinajstić information content (AvgIpc) is 2.78. The number of rotatable bonds is 19. The Kier molecular flexibility index (Phi) is 16.8. The SMILES string of the molecule is CCCCCCCC/C=C\CCCCCCCCC(=O)Nc1c(C(C)C)cccc1C(C)C. The van der Waals surface area contributed by atoms with E-state index >= 15 is 0 Å². The van der Waals surface area contributed by atoms with Gasteiger partial charge < -0.3 is 5.32 Å². The van der Waals surface area contributed by atoms with Crippen LogP contribution in [0.25, 0.3) is 0 Å². The zero-order valence-electron chi connectivity index (χ0n) is 22.6. The van der Waals surface area contributed by atoms with Crippen LogP contribution in [0.5, 0.6) is 0 Å². The number of hydrogen-bond donors (Lipinski definition) is 1. The molecule has 2 nitrogen and oxygen atoms in total. The van der Waals surface area contributed by atoms with Crippen LogP contribution in [0.1, 0.15) is 154 Å². The highest BCUT2D eigenvalue weighted by atomic mass is 16.1. The smallest absolute Gasteiger partial charge is 0.224 e. The van der Waals surface area contributed by atoms with Crippen LogP contribution in [0.4, 0.5) is 5.69 Å². The Morgan fingerprint density at radius 2 is 1.18 bits per heavy atom. The Morgan fingerprint density at radius 1 is 0.727 bits per heavy atom. The Hall–Kier alpha value is -1.57. The molecule has 0 saturated heterocycles. The summed E-state index contributed by atoms with van der Waals surface area (Å²) >= 11 is 0. The summed E-state index contributed by atoms with van der Waals surface area (Å²) in [5, 5.41) is 3.25. The monoisotopic (exact) mass is 455 g/mol. The third kappa shape index (κ3) is 13.7. The van der Waals surface area contributed by atoms with Gasteiger partial charge in [-0.2, -0.15) is 0 Å². The minimum Gasteiger partial charge on any atom is -0.326 e. The largest absolute Gasteiger partial charge is 0.326 e. The number of nitrogens with one attached hydrogen (secondary N) is 1. The second-order valence-electron chi connectivity index (χ2n) is 10.4. The molecule has 0 spiro atoms. The van der Waals surface area contributed by atoms with Crippen LogP contribution in [0.15, 0.2) is 30.4 Å². The van der Waals surface area contributed by atoms with Crippen LogP contribution in [0, 0.1) is 0 Å².